The Morgan fingerprint density at radius 1 is 0.943 bits per heavy atom. The molecule has 35 heavy (non-hydrogen) atoms. The van der Waals surface area contributed by atoms with E-state index in [4.69, 9.17) is 11.5 Å². The molecule has 2 atom stereocenters. The number of unbranched alkanes of at least 4 members (excludes halogenated alkanes) is 4. The molecular formula is C26H42N6O3. The molecule has 0 spiro atoms. The monoisotopic (exact) mass is 486 g/mol. The van der Waals surface area contributed by atoms with Crippen molar-refractivity contribution in [1.29, 1.82) is 0 Å². The summed E-state index contributed by atoms with van der Waals surface area (Å²) in [4.78, 5) is 39.6. The van der Waals surface area contributed by atoms with Crippen LogP contribution in [0.3, 0.4) is 0 Å². The van der Waals surface area contributed by atoms with E-state index in [0.29, 0.717) is 38.9 Å². The van der Waals surface area contributed by atoms with Gasteiger partial charge < -0.3 is 32.4 Å². The third-order valence-corrected chi connectivity index (χ3v) is 6.08. The Balaban J connectivity index is 1.50. The number of H-pyrrole nitrogens is 1. The number of hydrogen-bond acceptors (Lipinski definition) is 5. The largest absolute Gasteiger partial charge is 0.361 e. The van der Waals surface area contributed by atoms with Crippen molar-refractivity contribution in [3.8, 4) is 0 Å². The van der Waals surface area contributed by atoms with E-state index in [1.807, 2.05) is 30.5 Å². The van der Waals surface area contributed by atoms with Gasteiger partial charge in [-0.1, -0.05) is 37.5 Å². The van der Waals surface area contributed by atoms with Gasteiger partial charge in [0.25, 0.3) is 0 Å². The number of aromatic amines is 1. The van der Waals surface area contributed by atoms with Crippen molar-refractivity contribution in [2.75, 3.05) is 19.6 Å². The number of carbonyl (C=O) groups excluding carboxylic acids is 3. The van der Waals surface area contributed by atoms with Crippen LogP contribution in [0.1, 0.15) is 63.9 Å². The maximum absolute atomic E-state index is 12.3. The van der Waals surface area contributed by atoms with E-state index in [-0.39, 0.29) is 17.7 Å². The number of carbonyl (C=O) groups is 3. The number of hydrogen-bond donors (Lipinski definition) is 6. The summed E-state index contributed by atoms with van der Waals surface area (Å²) in [6.07, 6.45) is 8.91. The normalized spacial score (nSPS) is 12.8. The molecule has 0 aliphatic carbocycles. The first-order valence-corrected chi connectivity index (χ1v) is 12.8. The van der Waals surface area contributed by atoms with E-state index >= 15 is 0 Å². The molecule has 9 heteroatoms. The number of aryl methyl sites for hydroxylation is 1. The molecule has 0 aliphatic rings. The molecule has 3 amide bonds. The Kier molecular flexibility index (Phi) is 12.9. The Morgan fingerprint density at radius 2 is 1.63 bits per heavy atom. The molecule has 0 bridgehead atoms. The van der Waals surface area contributed by atoms with Gasteiger partial charge >= 0.3 is 0 Å². The van der Waals surface area contributed by atoms with Gasteiger partial charge in [0.15, 0.2) is 0 Å². The van der Waals surface area contributed by atoms with Gasteiger partial charge in [-0.2, -0.15) is 0 Å². The highest BCUT2D eigenvalue weighted by molar-refractivity contribution is 5.88. The Bertz CT molecular complexity index is 929. The highest BCUT2D eigenvalue weighted by Crippen LogP contribution is 2.18. The average Bonchev–Trinajstić information content (AvgIpc) is 3.27. The van der Waals surface area contributed by atoms with E-state index in [2.05, 4.69) is 20.9 Å². The lowest BCUT2D eigenvalue weighted by atomic mass is 10.1. The zero-order valence-corrected chi connectivity index (χ0v) is 20.9. The highest BCUT2D eigenvalue weighted by Gasteiger charge is 2.15. The van der Waals surface area contributed by atoms with Crippen LogP contribution in [-0.4, -0.2) is 54.4 Å². The SMILES string of the molecule is C[C@H](NC(=O)CCc1c[nH]c2ccccc12)C(=O)NCCCCCCNC(=O)[C@@H](N)CCCCN. The second-order valence-corrected chi connectivity index (χ2v) is 9.04. The molecule has 1 heterocycles. The fourth-order valence-electron chi connectivity index (χ4n) is 3.92. The highest BCUT2D eigenvalue weighted by atomic mass is 16.2. The molecule has 9 nitrogen and oxygen atoms in total. The van der Waals surface area contributed by atoms with Crippen molar-refractivity contribution in [1.82, 2.24) is 20.9 Å². The van der Waals surface area contributed by atoms with Crippen LogP contribution in [-0.2, 0) is 20.8 Å². The van der Waals surface area contributed by atoms with Crippen LogP contribution in [0, 0.1) is 0 Å². The van der Waals surface area contributed by atoms with Gasteiger partial charge in [0.2, 0.25) is 17.7 Å². The van der Waals surface area contributed by atoms with Crippen LogP contribution in [0.5, 0.6) is 0 Å². The summed E-state index contributed by atoms with van der Waals surface area (Å²) in [6.45, 7) is 3.49. The Morgan fingerprint density at radius 3 is 2.34 bits per heavy atom. The van der Waals surface area contributed by atoms with Crippen molar-refractivity contribution in [2.45, 2.75) is 76.8 Å². The third kappa shape index (κ3) is 10.5. The minimum Gasteiger partial charge on any atom is -0.361 e. The van der Waals surface area contributed by atoms with Gasteiger partial charge in [-0.15, -0.1) is 0 Å². The molecule has 0 radical (unpaired) electrons. The summed E-state index contributed by atoms with van der Waals surface area (Å²) in [6, 6.07) is 6.95. The van der Waals surface area contributed by atoms with Gasteiger partial charge in [0.05, 0.1) is 6.04 Å². The molecule has 2 rings (SSSR count). The van der Waals surface area contributed by atoms with Crippen molar-refractivity contribution in [2.24, 2.45) is 11.5 Å². The van der Waals surface area contributed by atoms with E-state index in [1.54, 1.807) is 6.92 Å². The first-order valence-electron chi connectivity index (χ1n) is 12.8. The molecule has 1 aromatic heterocycles. The van der Waals surface area contributed by atoms with Crippen molar-refractivity contribution >= 4 is 28.6 Å². The zero-order chi connectivity index (χ0) is 25.5. The lowest BCUT2D eigenvalue weighted by molar-refractivity contribution is -0.128. The van der Waals surface area contributed by atoms with Crippen LogP contribution in [0.25, 0.3) is 10.9 Å². The van der Waals surface area contributed by atoms with Gasteiger partial charge in [-0.3, -0.25) is 14.4 Å². The smallest absolute Gasteiger partial charge is 0.242 e. The molecule has 2 aromatic rings. The summed E-state index contributed by atoms with van der Waals surface area (Å²) in [5.41, 5.74) is 13.5. The minimum absolute atomic E-state index is 0.105. The number of nitrogens with two attached hydrogens (primary N) is 2. The molecule has 0 saturated carbocycles. The Hall–Kier alpha value is -2.91. The lowest BCUT2D eigenvalue weighted by Crippen LogP contribution is -2.45. The van der Waals surface area contributed by atoms with Crippen LogP contribution in [0.15, 0.2) is 30.5 Å². The lowest BCUT2D eigenvalue weighted by Gasteiger charge is -2.14. The second-order valence-electron chi connectivity index (χ2n) is 9.04. The van der Waals surface area contributed by atoms with Crippen LogP contribution < -0.4 is 27.4 Å². The van der Waals surface area contributed by atoms with Crippen LogP contribution >= 0.6 is 0 Å². The fraction of sp³-hybridized carbons (Fsp3) is 0.577. The van der Waals surface area contributed by atoms with Crippen molar-refractivity contribution in [3.05, 3.63) is 36.0 Å². The predicted molar refractivity (Wildman–Crippen MR) is 140 cm³/mol. The van der Waals surface area contributed by atoms with Gasteiger partial charge in [-0.05, 0) is 57.2 Å². The topological polar surface area (TPSA) is 155 Å². The van der Waals surface area contributed by atoms with E-state index in [9.17, 15) is 14.4 Å². The summed E-state index contributed by atoms with van der Waals surface area (Å²) in [5, 5.41) is 9.65. The molecule has 0 saturated heterocycles. The molecule has 0 fully saturated rings. The van der Waals surface area contributed by atoms with Gasteiger partial charge in [-0.25, -0.2) is 0 Å². The number of para-hydroxylation sites is 1. The van der Waals surface area contributed by atoms with E-state index in [1.165, 1.54) is 0 Å². The summed E-state index contributed by atoms with van der Waals surface area (Å²) in [7, 11) is 0. The number of nitrogens with one attached hydrogen (secondary N) is 4. The van der Waals surface area contributed by atoms with E-state index < -0.39 is 12.1 Å². The predicted octanol–water partition coefficient (Wildman–Crippen LogP) is 1.85. The zero-order valence-electron chi connectivity index (χ0n) is 20.9. The molecule has 8 N–H and O–H groups in total. The number of amides is 3. The minimum atomic E-state index is -0.574. The second kappa shape index (κ2) is 15.9. The summed E-state index contributed by atoms with van der Waals surface area (Å²) in [5.74, 6) is -0.424. The van der Waals surface area contributed by atoms with E-state index in [0.717, 1.165) is 55.0 Å². The van der Waals surface area contributed by atoms with Gasteiger partial charge in [0, 0.05) is 36.6 Å². The number of fused-ring (bicyclic) bond motifs is 1. The summed E-state index contributed by atoms with van der Waals surface area (Å²) < 4.78 is 0. The first kappa shape index (κ1) is 28.3. The molecular weight excluding hydrogens is 444 g/mol. The molecule has 0 unspecified atom stereocenters. The van der Waals surface area contributed by atoms with Crippen LogP contribution in [0.2, 0.25) is 0 Å². The summed E-state index contributed by atoms with van der Waals surface area (Å²) >= 11 is 0. The standard InChI is InChI=1S/C26H42N6O3/c1-19(32-24(33)14-13-20-18-31-23-12-5-4-10-21(20)23)25(34)29-16-8-2-3-9-17-30-26(35)22(28)11-6-7-15-27/h4-5,10,12,18-19,22,31H,2-3,6-9,11,13-17,27-28H2,1H3,(H,29,34)(H,30,35)(H,32,33)/t19-,22-/m0/s1. The van der Waals surface area contributed by atoms with Crippen molar-refractivity contribution in [3.63, 3.8) is 0 Å². The average molecular weight is 487 g/mol. The first-order chi connectivity index (χ1) is 16.9. The molecule has 194 valence electrons. The maximum Gasteiger partial charge on any atom is 0.242 e. The third-order valence-electron chi connectivity index (χ3n) is 6.08. The number of benzene rings is 1. The Labute approximate surface area is 208 Å². The maximum atomic E-state index is 12.3. The molecule has 0 aliphatic heterocycles. The van der Waals surface area contributed by atoms with Gasteiger partial charge in [0.1, 0.15) is 6.04 Å². The number of rotatable bonds is 17. The molecule has 1 aromatic carbocycles. The fourth-order valence-corrected chi connectivity index (χ4v) is 3.92. The van der Waals surface area contributed by atoms with Crippen molar-refractivity contribution < 1.29 is 14.4 Å². The quantitative estimate of drug-likeness (QED) is 0.188. The van der Waals surface area contributed by atoms with Crippen LogP contribution in [0.4, 0.5) is 0 Å². The number of aromatic nitrogens is 1.